The Labute approximate surface area is 102 Å². The van der Waals surface area contributed by atoms with Crippen LogP contribution in [0.25, 0.3) is 0 Å². The van der Waals surface area contributed by atoms with E-state index in [4.69, 9.17) is 5.73 Å². The summed E-state index contributed by atoms with van der Waals surface area (Å²) < 4.78 is 0. The molecule has 0 aliphatic carbocycles. The van der Waals surface area contributed by atoms with E-state index in [9.17, 15) is 0 Å². The summed E-state index contributed by atoms with van der Waals surface area (Å²) >= 11 is 0. The maximum Gasteiger partial charge on any atom is 0.0569 e. The highest BCUT2D eigenvalue weighted by molar-refractivity contribution is 5.60. The summed E-state index contributed by atoms with van der Waals surface area (Å²) in [5.74, 6) is 0. The monoisotopic (exact) mass is 227 g/mol. The number of rotatable bonds is 3. The van der Waals surface area contributed by atoms with Gasteiger partial charge in [0.15, 0.2) is 0 Å². The zero-order valence-corrected chi connectivity index (χ0v) is 10.1. The van der Waals surface area contributed by atoms with Crippen LogP contribution in [0, 0.1) is 13.8 Å². The van der Waals surface area contributed by atoms with E-state index in [1.165, 1.54) is 5.56 Å². The van der Waals surface area contributed by atoms with Crippen molar-refractivity contribution < 1.29 is 0 Å². The molecular weight excluding hydrogens is 210 g/mol. The maximum atomic E-state index is 5.77. The van der Waals surface area contributed by atoms with Crippen LogP contribution >= 0.6 is 0 Å². The summed E-state index contributed by atoms with van der Waals surface area (Å²) in [5, 5.41) is 0. The van der Waals surface area contributed by atoms with Gasteiger partial charge in [-0.3, -0.25) is 0 Å². The molecule has 0 atom stereocenters. The van der Waals surface area contributed by atoms with Crippen LogP contribution < -0.4 is 16.6 Å². The molecule has 2 rings (SSSR count). The topological polar surface area (TPSA) is 50.1 Å². The van der Waals surface area contributed by atoms with E-state index < -0.39 is 0 Å². The number of nitrogens with two attached hydrogens (primary N) is 1. The first-order valence-electron chi connectivity index (χ1n) is 5.60. The highest BCUT2D eigenvalue weighted by atomic mass is 15.4. The SMILES string of the molecule is Cc1cc(NNc2ccccc2C)ccc1N. The van der Waals surface area contributed by atoms with Gasteiger partial charge in [0.1, 0.15) is 0 Å². The first-order chi connectivity index (χ1) is 8.16. The predicted octanol–water partition coefficient (Wildman–Crippen LogP) is 3.32. The number of nitrogens with one attached hydrogen (secondary N) is 2. The van der Waals surface area contributed by atoms with Gasteiger partial charge in [-0.15, -0.1) is 0 Å². The molecule has 0 unspecified atom stereocenters. The number of aryl methyl sites for hydroxylation is 2. The molecule has 2 aromatic carbocycles. The third-order valence-corrected chi connectivity index (χ3v) is 2.76. The molecule has 17 heavy (non-hydrogen) atoms. The minimum absolute atomic E-state index is 0.812. The summed E-state index contributed by atoms with van der Waals surface area (Å²) in [5.41, 5.74) is 17.3. The van der Waals surface area contributed by atoms with Gasteiger partial charge < -0.3 is 16.6 Å². The Bertz CT molecular complexity index is 521. The number of anilines is 3. The molecule has 3 heteroatoms. The summed E-state index contributed by atoms with van der Waals surface area (Å²) in [7, 11) is 0. The van der Waals surface area contributed by atoms with Crippen LogP contribution in [-0.4, -0.2) is 0 Å². The van der Waals surface area contributed by atoms with E-state index in [0.717, 1.165) is 22.6 Å². The molecule has 0 spiro atoms. The fraction of sp³-hybridized carbons (Fsp3) is 0.143. The number of benzene rings is 2. The van der Waals surface area contributed by atoms with Crippen LogP contribution in [0.2, 0.25) is 0 Å². The molecule has 4 N–H and O–H groups in total. The number of nitrogen functional groups attached to an aromatic ring is 1. The molecule has 2 aromatic rings. The molecule has 0 saturated carbocycles. The van der Waals surface area contributed by atoms with Gasteiger partial charge in [-0.05, 0) is 49.2 Å². The van der Waals surface area contributed by atoms with Crippen molar-refractivity contribution in [3.05, 3.63) is 53.6 Å². The largest absolute Gasteiger partial charge is 0.399 e. The molecule has 0 radical (unpaired) electrons. The second-order valence-corrected chi connectivity index (χ2v) is 4.14. The first-order valence-corrected chi connectivity index (χ1v) is 5.60. The summed E-state index contributed by atoms with van der Waals surface area (Å²) in [4.78, 5) is 0. The predicted molar refractivity (Wildman–Crippen MR) is 74.0 cm³/mol. The Morgan fingerprint density at radius 1 is 0.882 bits per heavy atom. The van der Waals surface area contributed by atoms with E-state index >= 15 is 0 Å². The molecule has 0 amide bonds. The zero-order valence-electron chi connectivity index (χ0n) is 10.1. The first kappa shape index (κ1) is 11.3. The fourth-order valence-electron chi connectivity index (χ4n) is 1.61. The van der Waals surface area contributed by atoms with Gasteiger partial charge in [0, 0.05) is 5.69 Å². The van der Waals surface area contributed by atoms with Crippen LogP contribution in [0.5, 0.6) is 0 Å². The minimum atomic E-state index is 0.812. The van der Waals surface area contributed by atoms with E-state index in [0.29, 0.717) is 0 Å². The van der Waals surface area contributed by atoms with Crippen LogP contribution in [-0.2, 0) is 0 Å². The lowest BCUT2D eigenvalue weighted by atomic mass is 10.2. The van der Waals surface area contributed by atoms with Crippen molar-refractivity contribution in [1.82, 2.24) is 0 Å². The average Bonchev–Trinajstić information content (AvgIpc) is 2.32. The molecule has 0 aliphatic rings. The Hall–Kier alpha value is -2.16. The lowest BCUT2D eigenvalue weighted by molar-refractivity contribution is 1.35. The van der Waals surface area contributed by atoms with E-state index in [1.807, 2.05) is 43.3 Å². The highest BCUT2D eigenvalue weighted by Gasteiger charge is 1.98. The normalized spacial score (nSPS) is 10.0. The highest BCUT2D eigenvalue weighted by Crippen LogP contribution is 2.18. The zero-order chi connectivity index (χ0) is 12.3. The Kier molecular flexibility index (Phi) is 3.19. The minimum Gasteiger partial charge on any atom is -0.399 e. The van der Waals surface area contributed by atoms with Crippen molar-refractivity contribution in [2.75, 3.05) is 16.6 Å². The van der Waals surface area contributed by atoms with Crippen LogP contribution in [0.1, 0.15) is 11.1 Å². The molecule has 0 aromatic heterocycles. The summed E-state index contributed by atoms with van der Waals surface area (Å²) in [6.45, 7) is 4.06. The molecule has 0 heterocycles. The van der Waals surface area contributed by atoms with Crippen LogP contribution in [0.15, 0.2) is 42.5 Å². The van der Waals surface area contributed by atoms with Gasteiger partial charge in [0.05, 0.1) is 11.4 Å². The number of hydrogen-bond acceptors (Lipinski definition) is 3. The van der Waals surface area contributed by atoms with E-state index in [1.54, 1.807) is 0 Å². The quantitative estimate of drug-likeness (QED) is 0.557. The number of para-hydroxylation sites is 1. The number of hydrazine groups is 1. The van der Waals surface area contributed by atoms with Gasteiger partial charge >= 0.3 is 0 Å². The van der Waals surface area contributed by atoms with Crippen molar-refractivity contribution in [3.63, 3.8) is 0 Å². The third-order valence-electron chi connectivity index (χ3n) is 2.76. The van der Waals surface area contributed by atoms with Gasteiger partial charge in [0.2, 0.25) is 0 Å². The maximum absolute atomic E-state index is 5.77. The second-order valence-electron chi connectivity index (χ2n) is 4.14. The van der Waals surface area contributed by atoms with E-state index in [-0.39, 0.29) is 0 Å². The van der Waals surface area contributed by atoms with Gasteiger partial charge in [0.25, 0.3) is 0 Å². The molecule has 0 aliphatic heterocycles. The molecular formula is C14H17N3. The molecule has 0 bridgehead atoms. The Morgan fingerprint density at radius 3 is 2.35 bits per heavy atom. The second kappa shape index (κ2) is 4.78. The lowest BCUT2D eigenvalue weighted by Gasteiger charge is -2.12. The fourth-order valence-corrected chi connectivity index (χ4v) is 1.61. The Balaban J connectivity index is 2.08. The van der Waals surface area contributed by atoms with Crippen LogP contribution in [0.3, 0.4) is 0 Å². The summed E-state index contributed by atoms with van der Waals surface area (Å²) in [6.07, 6.45) is 0. The summed E-state index contributed by atoms with van der Waals surface area (Å²) in [6, 6.07) is 14.0. The van der Waals surface area contributed by atoms with Crippen molar-refractivity contribution >= 4 is 17.1 Å². The van der Waals surface area contributed by atoms with Gasteiger partial charge in [-0.2, -0.15) is 0 Å². The van der Waals surface area contributed by atoms with Gasteiger partial charge in [-0.25, -0.2) is 0 Å². The van der Waals surface area contributed by atoms with E-state index in [2.05, 4.69) is 23.8 Å². The average molecular weight is 227 g/mol. The van der Waals surface area contributed by atoms with Crippen molar-refractivity contribution in [2.24, 2.45) is 0 Å². The lowest BCUT2D eigenvalue weighted by Crippen LogP contribution is -2.09. The smallest absolute Gasteiger partial charge is 0.0569 e. The van der Waals surface area contributed by atoms with Gasteiger partial charge in [-0.1, -0.05) is 18.2 Å². The van der Waals surface area contributed by atoms with Crippen molar-refractivity contribution in [2.45, 2.75) is 13.8 Å². The molecule has 0 saturated heterocycles. The van der Waals surface area contributed by atoms with Crippen molar-refractivity contribution in [3.8, 4) is 0 Å². The molecule has 3 nitrogen and oxygen atoms in total. The molecule has 88 valence electrons. The number of hydrogen-bond donors (Lipinski definition) is 3. The standard InChI is InChI=1S/C14H17N3/c1-10-5-3-4-6-14(10)17-16-12-7-8-13(15)11(2)9-12/h3-9,16-17H,15H2,1-2H3. The third kappa shape index (κ3) is 2.69. The molecule has 0 fully saturated rings. The Morgan fingerprint density at radius 2 is 1.65 bits per heavy atom. The van der Waals surface area contributed by atoms with Crippen LogP contribution in [0.4, 0.5) is 17.1 Å². The van der Waals surface area contributed by atoms with Crippen molar-refractivity contribution in [1.29, 1.82) is 0 Å².